The molecule has 1 aliphatic heterocycles. The van der Waals surface area contributed by atoms with Gasteiger partial charge in [-0.2, -0.15) is 0 Å². The average Bonchev–Trinajstić information content (AvgIpc) is 3.16. The fourth-order valence-corrected chi connectivity index (χ4v) is 4.03. The lowest BCUT2D eigenvalue weighted by atomic mass is 10.0. The standard InChI is InChI=1S/C17H18ClN3O4S/c1-25-17(22)12-9-15(21(23)24)14(10-13(12)18)19-11-4-6-20(7-5-11)16-3-2-8-26-16/h2-3,8-11,19H,4-7H2,1H3. The van der Waals surface area contributed by atoms with E-state index in [0.29, 0.717) is 5.69 Å². The zero-order valence-corrected chi connectivity index (χ0v) is 15.7. The zero-order chi connectivity index (χ0) is 18.7. The van der Waals surface area contributed by atoms with Crippen molar-refractivity contribution < 1.29 is 14.5 Å². The van der Waals surface area contributed by atoms with Crippen molar-refractivity contribution in [2.75, 3.05) is 30.4 Å². The van der Waals surface area contributed by atoms with Crippen molar-refractivity contribution in [3.8, 4) is 0 Å². The molecule has 0 spiro atoms. The molecule has 0 atom stereocenters. The van der Waals surface area contributed by atoms with Crippen molar-refractivity contribution in [2.24, 2.45) is 0 Å². The molecule has 1 aliphatic rings. The number of esters is 1. The lowest BCUT2D eigenvalue weighted by Gasteiger charge is -2.33. The predicted molar refractivity (Wildman–Crippen MR) is 103 cm³/mol. The maximum atomic E-state index is 11.7. The van der Waals surface area contributed by atoms with Crippen molar-refractivity contribution in [1.82, 2.24) is 0 Å². The van der Waals surface area contributed by atoms with Gasteiger partial charge in [-0.3, -0.25) is 10.1 Å². The number of hydrogen-bond acceptors (Lipinski definition) is 7. The first kappa shape index (κ1) is 18.5. The Morgan fingerprint density at radius 3 is 2.73 bits per heavy atom. The molecule has 1 saturated heterocycles. The predicted octanol–water partition coefficient (Wildman–Crippen LogP) is 4.18. The van der Waals surface area contributed by atoms with Gasteiger partial charge in [0, 0.05) is 25.2 Å². The van der Waals surface area contributed by atoms with E-state index in [1.54, 1.807) is 11.3 Å². The zero-order valence-electron chi connectivity index (χ0n) is 14.1. The Hall–Kier alpha value is -2.32. The number of carbonyl (C=O) groups is 1. The summed E-state index contributed by atoms with van der Waals surface area (Å²) in [6.07, 6.45) is 1.71. The van der Waals surface area contributed by atoms with Gasteiger partial charge in [0.25, 0.3) is 5.69 Å². The molecule has 1 aromatic heterocycles. The second-order valence-electron chi connectivity index (χ2n) is 5.95. The monoisotopic (exact) mass is 395 g/mol. The quantitative estimate of drug-likeness (QED) is 0.464. The van der Waals surface area contributed by atoms with Crippen LogP contribution in [0.1, 0.15) is 23.2 Å². The highest BCUT2D eigenvalue weighted by molar-refractivity contribution is 7.14. The first-order valence-electron chi connectivity index (χ1n) is 8.11. The highest BCUT2D eigenvalue weighted by Crippen LogP contribution is 2.33. The SMILES string of the molecule is COC(=O)c1cc([N+](=O)[O-])c(NC2CCN(c3cccs3)CC2)cc1Cl. The molecular formula is C17H18ClN3O4S. The lowest BCUT2D eigenvalue weighted by Crippen LogP contribution is -2.38. The molecule has 0 saturated carbocycles. The van der Waals surface area contributed by atoms with Crippen LogP contribution in [0.15, 0.2) is 29.6 Å². The summed E-state index contributed by atoms with van der Waals surface area (Å²) >= 11 is 7.82. The van der Waals surface area contributed by atoms with Gasteiger partial charge in [-0.05, 0) is 36.4 Å². The van der Waals surface area contributed by atoms with E-state index in [4.69, 9.17) is 11.6 Å². The normalized spacial score (nSPS) is 14.9. The number of halogens is 1. The summed E-state index contributed by atoms with van der Waals surface area (Å²) in [5.41, 5.74) is 0.122. The van der Waals surface area contributed by atoms with E-state index in [-0.39, 0.29) is 22.3 Å². The molecule has 3 rings (SSSR count). The highest BCUT2D eigenvalue weighted by atomic mass is 35.5. The van der Waals surface area contributed by atoms with Crippen LogP contribution in [0.25, 0.3) is 0 Å². The molecule has 0 unspecified atom stereocenters. The fourth-order valence-electron chi connectivity index (χ4n) is 3.01. The topological polar surface area (TPSA) is 84.7 Å². The Morgan fingerprint density at radius 2 is 2.15 bits per heavy atom. The van der Waals surface area contributed by atoms with Crippen LogP contribution < -0.4 is 10.2 Å². The van der Waals surface area contributed by atoms with E-state index in [1.807, 2.05) is 11.4 Å². The Kier molecular flexibility index (Phi) is 5.63. The second-order valence-corrected chi connectivity index (χ2v) is 7.29. The van der Waals surface area contributed by atoms with E-state index in [9.17, 15) is 14.9 Å². The number of nitro benzene ring substituents is 1. The molecule has 2 aromatic rings. The molecule has 1 fully saturated rings. The molecule has 2 heterocycles. The summed E-state index contributed by atoms with van der Waals surface area (Å²) in [4.78, 5) is 24.9. The highest BCUT2D eigenvalue weighted by Gasteiger charge is 2.25. The first-order valence-corrected chi connectivity index (χ1v) is 9.36. The van der Waals surface area contributed by atoms with Gasteiger partial charge in [-0.25, -0.2) is 4.79 Å². The average molecular weight is 396 g/mol. The van der Waals surface area contributed by atoms with Crippen LogP contribution in [0.5, 0.6) is 0 Å². The minimum Gasteiger partial charge on any atom is -0.465 e. The number of anilines is 2. The summed E-state index contributed by atoms with van der Waals surface area (Å²) in [7, 11) is 1.21. The summed E-state index contributed by atoms with van der Waals surface area (Å²) in [5.74, 6) is -0.700. The fraction of sp³-hybridized carbons (Fsp3) is 0.353. The third-order valence-corrected chi connectivity index (χ3v) is 5.60. The van der Waals surface area contributed by atoms with Gasteiger partial charge in [0.1, 0.15) is 5.69 Å². The van der Waals surface area contributed by atoms with E-state index >= 15 is 0 Å². The molecule has 26 heavy (non-hydrogen) atoms. The Labute approximate surface area is 159 Å². The number of ether oxygens (including phenoxy) is 1. The van der Waals surface area contributed by atoms with E-state index < -0.39 is 10.9 Å². The third-order valence-electron chi connectivity index (χ3n) is 4.36. The molecule has 0 aliphatic carbocycles. The van der Waals surface area contributed by atoms with Gasteiger partial charge >= 0.3 is 5.97 Å². The Balaban J connectivity index is 1.74. The molecule has 0 amide bonds. The van der Waals surface area contributed by atoms with E-state index in [1.165, 1.54) is 18.2 Å². The lowest BCUT2D eigenvalue weighted by molar-refractivity contribution is -0.384. The number of nitrogens with zero attached hydrogens (tertiary/aromatic N) is 2. The van der Waals surface area contributed by atoms with Gasteiger partial charge in [0.05, 0.1) is 27.6 Å². The maximum Gasteiger partial charge on any atom is 0.339 e. The molecule has 138 valence electrons. The van der Waals surface area contributed by atoms with Crippen LogP contribution in [0, 0.1) is 10.1 Å². The molecular weight excluding hydrogens is 378 g/mol. The van der Waals surface area contributed by atoms with Crippen LogP contribution in [-0.2, 0) is 4.74 Å². The second kappa shape index (κ2) is 7.92. The molecule has 9 heteroatoms. The number of carbonyl (C=O) groups excluding carboxylic acids is 1. The van der Waals surface area contributed by atoms with Crippen molar-refractivity contribution in [1.29, 1.82) is 0 Å². The molecule has 1 N–H and O–H groups in total. The minimum atomic E-state index is -0.700. The van der Waals surface area contributed by atoms with Gasteiger partial charge in [0.15, 0.2) is 0 Å². The van der Waals surface area contributed by atoms with Crippen molar-refractivity contribution in [2.45, 2.75) is 18.9 Å². The number of benzene rings is 1. The minimum absolute atomic E-state index is 0.0149. The molecule has 7 nitrogen and oxygen atoms in total. The van der Waals surface area contributed by atoms with Gasteiger partial charge in [-0.15, -0.1) is 11.3 Å². The number of nitrogens with one attached hydrogen (secondary N) is 1. The first-order chi connectivity index (χ1) is 12.5. The Morgan fingerprint density at radius 1 is 1.42 bits per heavy atom. The van der Waals surface area contributed by atoms with E-state index in [0.717, 1.165) is 32.0 Å². The number of rotatable bonds is 5. The Bertz CT molecular complexity index is 805. The molecule has 1 aromatic carbocycles. The summed E-state index contributed by atoms with van der Waals surface area (Å²) in [6.45, 7) is 1.75. The smallest absolute Gasteiger partial charge is 0.339 e. The van der Waals surface area contributed by atoms with Crippen LogP contribution in [0.2, 0.25) is 5.02 Å². The van der Waals surface area contributed by atoms with Crippen LogP contribution in [0.3, 0.4) is 0 Å². The van der Waals surface area contributed by atoms with Crippen LogP contribution in [-0.4, -0.2) is 37.1 Å². The van der Waals surface area contributed by atoms with Gasteiger partial charge < -0.3 is 15.0 Å². The molecule has 0 bridgehead atoms. The van der Waals surface area contributed by atoms with Gasteiger partial charge in [0.2, 0.25) is 0 Å². The number of piperidine rings is 1. The van der Waals surface area contributed by atoms with Crippen molar-refractivity contribution in [3.63, 3.8) is 0 Å². The number of methoxy groups -OCH3 is 1. The largest absolute Gasteiger partial charge is 0.465 e. The third kappa shape index (κ3) is 3.91. The number of nitro groups is 1. The summed E-state index contributed by atoms with van der Waals surface area (Å²) in [6, 6.07) is 6.81. The van der Waals surface area contributed by atoms with Crippen LogP contribution >= 0.6 is 22.9 Å². The van der Waals surface area contributed by atoms with Crippen LogP contribution in [0.4, 0.5) is 16.4 Å². The van der Waals surface area contributed by atoms with Gasteiger partial charge in [-0.1, -0.05) is 11.6 Å². The maximum absolute atomic E-state index is 11.7. The van der Waals surface area contributed by atoms with Crippen molar-refractivity contribution >= 4 is 45.3 Å². The number of thiophene rings is 1. The summed E-state index contributed by atoms with van der Waals surface area (Å²) in [5, 5.41) is 18.0. The van der Waals surface area contributed by atoms with Crippen molar-refractivity contribution in [3.05, 3.63) is 50.3 Å². The molecule has 0 radical (unpaired) electrons. The van der Waals surface area contributed by atoms with E-state index in [2.05, 4.69) is 21.0 Å². The summed E-state index contributed by atoms with van der Waals surface area (Å²) < 4.78 is 4.62. The number of hydrogen-bond donors (Lipinski definition) is 1.